The van der Waals surface area contributed by atoms with E-state index in [0.717, 1.165) is 28.7 Å². The number of carbonyl (C=O) groups excluding carboxylic acids is 1. The lowest BCUT2D eigenvalue weighted by molar-refractivity contribution is 0.0929. The van der Waals surface area contributed by atoms with Crippen LogP contribution >= 0.6 is 23.1 Å². The summed E-state index contributed by atoms with van der Waals surface area (Å²) >= 11 is 3.11. The molecule has 0 saturated carbocycles. The lowest BCUT2D eigenvalue weighted by atomic mass is 10.2. The number of carbonyl (C=O) groups is 1. The van der Waals surface area contributed by atoms with Crippen molar-refractivity contribution >= 4 is 34.7 Å². The van der Waals surface area contributed by atoms with Crippen molar-refractivity contribution in [2.75, 3.05) is 12.0 Å². The molecule has 9 heteroatoms. The van der Waals surface area contributed by atoms with Crippen LogP contribution in [0.2, 0.25) is 0 Å². The van der Waals surface area contributed by atoms with Gasteiger partial charge in [0.1, 0.15) is 10.7 Å². The van der Waals surface area contributed by atoms with Crippen LogP contribution in [0.1, 0.15) is 33.8 Å². The highest BCUT2D eigenvalue weighted by molar-refractivity contribution is 7.98. The van der Waals surface area contributed by atoms with E-state index in [0.29, 0.717) is 12.2 Å². The maximum atomic E-state index is 12.5. The first kappa shape index (κ1) is 16.9. The van der Waals surface area contributed by atoms with Crippen LogP contribution < -0.4 is 11.1 Å². The van der Waals surface area contributed by atoms with Gasteiger partial charge in [0.25, 0.3) is 5.91 Å². The minimum Gasteiger partial charge on any atom is -0.341 e. The predicted molar refractivity (Wildman–Crippen MR) is 96.2 cm³/mol. The molecule has 126 valence electrons. The molecule has 1 amide bonds. The molecule has 0 aliphatic heterocycles. The molecule has 3 rings (SSSR count). The van der Waals surface area contributed by atoms with E-state index in [-0.39, 0.29) is 11.9 Å². The number of thiazole rings is 1. The van der Waals surface area contributed by atoms with Crippen LogP contribution in [-0.2, 0) is 6.54 Å². The van der Waals surface area contributed by atoms with E-state index in [1.165, 1.54) is 11.3 Å². The molecule has 0 spiro atoms. The minimum atomic E-state index is -0.231. The van der Waals surface area contributed by atoms with Gasteiger partial charge < -0.3 is 11.1 Å². The molecule has 0 aliphatic rings. The van der Waals surface area contributed by atoms with Crippen LogP contribution in [0.25, 0.3) is 5.65 Å². The summed E-state index contributed by atoms with van der Waals surface area (Å²) < 4.78 is 1.90. The number of pyridine rings is 1. The normalized spacial score (nSPS) is 12.4. The van der Waals surface area contributed by atoms with Crippen molar-refractivity contribution in [2.24, 2.45) is 5.73 Å². The quantitative estimate of drug-likeness (QED) is 0.666. The zero-order chi connectivity index (χ0) is 16.9. The van der Waals surface area contributed by atoms with Gasteiger partial charge in [-0.2, -0.15) is 11.8 Å². The monoisotopic (exact) mass is 362 g/mol. The lowest BCUT2D eigenvalue weighted by Gasteiger charge is -2.16. The second kappa shape index (κ2) is 7.73. The van der Waals surface area contributed by atoms with Gasteiger partial charge >= 0.3 is 0 Å². The second-order valence-corrected chi connectivity index (χ2v) is 7.05. The number of hydrogen-bond donors (Lipinski definition) is 2. The van der Waals surface area contributed by atoms with Gasteiger partial charge in [-0.3, -0.25) is 9.20 Å². The average molecular weight is 362 g/mol. The van der Waals surface area contributed by atoms with Crippen molar-refractivity contribution < 1.29 is 4.79 Å². The van der Waals surface area contributed by atoms with Gasteiger partial charge in [-0.05, 0) is 30.6 Å². The Morgan fingerprint density at radius 1 is 1.46 bits per heavy atom. The first-order valence-corrected chi connectivity index (χ1v) is 9.74. The molecule has 0 radical (unpaired) electrons. The molecular weight excluding hydrogens is 344 g/mol. The van der Waals surface area contributed by atoms with Gasteiger partial charge in [-0.1, -0.05) is 6.07 Å². The van der Waals surface area contributed by atoms with Crippen LogP contribution in [0.5, 0.6) is 0 Å². The highest BCUT2D eigenvalue weighted by Gasteiger charge is 2.22. The molecule has 0 saturated heterocycles. The van der Waals surface area contributed by atoms with E-state index in [9.17, 15) is 4.79 Å². The fourth-order valence-corrected chi connectivity index (χ4v) is 3.47. The van der Waals surface area contributed by atoms with Crippen molar-refractivity contribution in [2.45, 2.75) is 19.0 Å². The largest absolute Gasteiger partial charge is 0.341 e. The summed E-state index contributed by atoms with van der Waals surface area (Å²) in [6.45, 7) is 0.336. The zero-order valence-corrected chi connectivity index (χ0v) is 14.8. The summed E-state index contributed by atoms with van der Waals surface area (Å²) in [5.41, 5.74) is 6.71. The predicted octanol–water partition coefficient (Wildman–Crippen LogP) is 1.87. The third-order valence-corrected chi connectivity index (χ3v) is 5.04. The molecule has 0 aromatic carbocycles. The smallest absolute Gasteiger partial charge is 0.271 e. The van der Waals surface area contributed by atoms with Gasteiger partial charge in [-0.25, -0.2) is 4.98 Å². The van der Waals surface area contributed by atoms with Crippen LogP contribution in [0, 0.1) is 0 Å². The molecule has 24 heavy (non-hydrogen) atoms. The van der Waals surface area contributed by atoms with E-state index in [1.54, 1.807) is 17.1 Å². The van der Waals surface area contributed by atoms with E-state index in [4.69, 9.17) is 5.73 Å². The van der Waals surface area contributed by atoms with E-state index < -0.39 is 0 Å². The minimum absolute atomic E-state index is 0.218. The summed E-state index contributed by atoms with van der Waals surface area (Å²) in [6.07, 6.45) is 4.70. The summed E-state index contributed by atoms with van der Waals surface area (Å²) in [4.78, 5) is 16.7. The molecule has 0 aliphatic carbocycles. The van der Waals surface area contributed by atoms with Crippen molar-refractivity contribution in [1.82, 2.24) is 24.9 Å². The van der Waals surface area contributed by atoms with Gasteiger partial charge in [0, 0.05) is 18.1 Å². The molecule has 1 unspecified atom stereocenters. The molecule has 3 heterocycles. The van der Waals surface area contributed by atoms with Gasteiger partial charge in [0.15, 0.2) is 11.5 Å². The number of nitrogens with zero attached hydrogens (tertiary/aromatic N) is 4. The molecule has 3 aromatic heterocycles. The average Bonchev–Trinajstić information content (AvgIpc) is 3.25. The maximum Gasteiger partial charge on any atom is 0.271 e. The Bertz CT molecular complexity index is 830. The number of amides is 1. The Hall–Kier alpha value is -1.97. The standard InChI is InChI=1S/C15H18N6OS2/c1-23-7-5-10(14-20-19-12-4-2-3-6-21(12)14)18-15(22)11-9-24-13(8-16)17-11/h2-4,6,9-10H,5,7-8,16H2,1H3,(H,18,22). The summed E-state index contributed by atoms with van der Waals surface area (Å²) in [5, 5.41) is 13.9. The van der Waals surface area contributed by atoms with Crippen LogP contribution in [-0.4, -0.2) is 37.5 Å². The van der Waals surface area contributed by atoms with Crippen molar-refractivity contribution in [3.05, 3.63) is 46.3 Å². The number of fused-ring (bicyclic) bond motifs is 1. The second-order valence-electron chi connectivity index (χ2n) is 5.13. The topological polar surface area (TPSA) is 98.2 Å². The summed E-state index contributed by atoms with van der Waals surface area (Å²) in [6, 6.07) is 5.48. The number of thioether (sulfide) groups is 1. The van der Waals surface area contributed by atoms with Crippen LogP contribution in [0.15, 0.2) is 29.8 Å². The first-order chi connectivity index (χ1) is 11.7. The molecule has 3 aromatic rings. The van der Waals surface area contributed by atoms with Crippen LogP contribution in [0.4, 0.5) is 0 Å². The zero-order valence-electron chi connectivity index (χ0n) is 13.2. The van der Waals surface area contributed by atoms with Gasteiger partial charge in [0.05, 0.1) is 6.04 Å². The third-order valence-electron chi connectivity index (χ3n) is 3.53. The maximum absolute atomic E-state index is 12.5. The molecule has 1 atom stereocenters. The fraction of sp³-hybridized carbons (Fsp3) is 0.333. The number of nitrogens with two attached hydrogens (primary N) is 1. The number of hydrogen-bond acceptors (Lipinski definition) is 7. The number of aromatic nitrogens is 4. The number of rotatable bonds is 7. The van der Waals surface area contributed by atoms with Gasteiger partial charge in [-0.15, -0.1) is 21.5 Å². The Morgan fingerprint density at radius 3 is 3.08 bits per heavy atom. The Kier molecular flexibility index (Phi) is 5.44. The van der Waals surface area contributed by atoms with Crippen molar-refractivity contribution in [3.8, 4) is 0 Å². The van der Waals surface area contributed by atoms with E-state index in [2.05, 4.69) is 20.5 Å². The molecule has 0 fully saturated rings. The third kappa shape index (κ3) is 3.58. The lowest BCUT2D eigenvalue weighted by Crippen LogP contribution is -2.30. The highest BCUT2D eigenvalue weighted by Crippen LogP contribution is 2.19. The Morgan fingerprint density at radius 2 is 2.33 bits per heavy atom. The molecule has 0 bridgehead atoms. The van der Waals surface area contributed by atoms with Crippen molar-refractivity contribution in [3.63, 3.8) is 0 Å². The van der Waals surface area contributed by atoms with E-state index >= 15 is 0 Å². The first-order valence-electron chi connectivity index (χ1n) is 7.47. The Labute approximate surface area is 147 Å². The molecule has 7 nitrogen and oxygen atoms in total. The summed E-state index contributed by atoms with van der Waals surface area (Å²) in [7, 11) is 0. The molecule has 3 N–H and O–H groups in total. The highest BCUT2D eigenvalue weighted by atomic mass is 32.2. The summed E-state index contributed by atoms with van der Waals surface area (Å²) in [5.74, 6) is 1.41. The fourth-order valence-electron chi connectivity index (χ4n) is 2.34. The van der Waals surface area contributed by atoms with Gasteiger partial charge in [0.2, 0.25) is 0 Å². The Balaban J connectivity index is 1.84. The molecular formula is C15H18N6OS2. The SMILES string of the molecule is CSCCC(NC(=O)c1csc(CN)n1)c1nnc2ccccn12. The van der Waals surface area contributed by atoms with E-state index in [1.807, 2.05) is 35.1 Å². The number of nitrogens with one attached hydrogen (secondary N) is 1. The van der Waals surface area contributed by atoms with Crippen molar-refractivity contribution in [1.29, 1.82) is 0 Å². The van der Waals surface area contributed by atoms with Crippen LogP contribution in [0.3, 0.4) is 0 Å².